The van der Waals surface area contributed by atoms with Gasteiger partial charge in [-0.1, -0.05) is 36.7 Å². The maximum absolute atomic E-state index is 12.1. The zero-order valence-electron chi connectivity index (χ0n) is 9.89. The molecule has 92 valence electrons. The quantitative estimate of drug-likeness (QED) is 0.785. The minimum atomic E-state index is -0.311. The van der Waals surface area contributed by atoms with Gasteiger partial charge in [-0.15, -0.1) is 0 Å². The second-order valence-electron chi connectivity index (χ2n) is 3.87. The third kappa shape index (κ3) is 2.36. The van der Waals surface area contributed by atoms with Crippen LogP contribution in [-0.2, 0) is 9.59 Å². The fourth-order valence-corrected chi connectivity index (χ4v) is 1.80. The molecule has 1 aromatic carbocycles. The van der Waals surface area contributed by atoms with E-state index in [1.165, 1.54) is 12.3 Å². The van der Waals surface area contributed by atoms with Crippen molar-refractivity contribution < 1.29 is 9.59 Å². The number of carbonyl (C=O) groups is 2. The Balaban J connectivity index is 2.29. The van der Waals surface area contributed by atoms with Crippen LogP contribution in [0.1, 0.15) is 18.9 Å². The molecule has 0 saturated carbocycles. The lowest BCUT2D eigenvalue weighted by molar-refractivity contribution is -0.133. The summed E-state index contributed by atoms with van der Waals surface area (Å²) in [5.41, 5.74) is 1.10. The van der Waals surface area contributed by atoms with Crippen molar-refractivity contribution in [2.45, 2.75) is 13.3 Å². The van der Waals surface area contributed by atoms with Crippen LogP contribution in [0.15, 0.2) is 42.6 Å². The lowest BCUT2D eigenvalue weighted by atomic mass is 10.1. The third-order valence-corrected chi connectivity index (χ3v) is 2.85. The summed E-state index contributed by atoms with van der Waals surface area (Å²) in [6.07, 6.45) is 5.41. The van der Waals surface area contributed by atoms with E-state index in [0.717, 1.165) is 11.3 Å². The summed E-state index contributed by atoms with van der Waals surface area (Å²) in [6, 6.07) is 6.85. The summed E-state index contributed by atoms with van der Waals surface area (Å²) in [7, 11) is 0. The van der Waals surface area contributed by atoms with Gasteiger partial charge in [0, 0.05) is 17.3 Å². The van der Waals surface area contributed by atoms with Gasteiger partial charge < -0.3 is 0 Å². The number of hydrogen-bond donors (Lipinski definition) is 0. The van der Waals surface area contributed by atoms with Crippen molar-refractivity contribution in [3.8, 4) is 0 Å². The summed E-state index contributed by atoms with van der Waals surface area (Å²) in [5.74, 6) is -0.610. The number of benzene rings is 1. The highest BCUT2D eigenvalue weighted by molar-refractivity contribution is 6.34. The number of rotatable bonds is 3. The zero-order valence-corrected chi connectivity index (χ0v) is 10.6. The topological polar surface area (TPSA) is 37.4 Å². The maximum atomic E-state index is 12.1. The highest BCUT2D eigenvalue weighted by Crippen LogP contribution is 2.24. The summed E-state index contributed by atoms with van der Waals surface area (Å²) < 4.78 is 0. The Morgan fingerprint density at radius 2 is 1.89 bits per heavy atom. The first-order valence-electron chi connectivity index (χ1n) is 5.65. The van der Waals surface area contributed by atoms with Crippen LogP contribution in [0.5, 0.6) is 0 Å². The van der Waals surface area contributed by atoms with Crippen LogP contribution >= 0.6 is 11.6 Å². The molecule has 0 atom stereocenters. The Bertz CT molecular complexity index is 543. The van der Waals surface area contributed by atoms with Crippen molar-refractivity contribution in [2.75, 3.05) is 0 Å². The van der Waals surface area contributed by atoms with E-state index in [9.17, 15) is 9.59 Å². The Morgan fingerprint density at radius 1 is 1.22 bits per heavy atom. The van der Waals surface area contributed by atoms with Gasteiger partial charge in [0.25, 0.3) is 11.8 Å². The Kier molecular flexibility index (Phi) is 3.63. The molecule has 2 rings (SSSR count). The lowest BCUT2D eigenvalue weighted by Gasteiger charge is -2.08. The second kappa shape index (κ2) is 5.19. The van der Waals surface area contributed by atoms with Gasteiger partial charge in [-0.25, -0.2) is 0 Å². The molecule has 3 nitrogen and oxygen atoms in total. The van der Waals surface area contributed by atoms with Gasteiger partial charge in [0.2, 0.25) is 0 Å². The van der Waals surface area contributed by atoms with Gasteiger partial charge in [0.05, 0.1) is 5.57 Å². The molecule has 0 bridgehead atoms. The van der Waals surface area contributed by atoms with Crippen molar-refractivity contribution in [1.29, 1.82) is 0 Å². The molecule has 0 unspecified atom stereocenters. The summed E-state index contributed by atoms with van der Waals surface area (Å²) in [6.45, 7) is 1.94. The van der Waals surface area contributed by atoms with Gasteiger partial charge in [0.15, 0.2) is 0 Å². The molecule has 0 saturated heterocycles. The van der Waals surface area contributed by atoms with E-state index in [4.69, 9.17) is 11.6 Å². The molecule has 1 aliphatic rings. The van der Waals surface area contributed by atoms with Crippen molar-refractivity contribution >= 4 is 29.0 Å². The molecule has 0 N–H and O–H groups in total. The fourth-order valence-electron chi connectivity index (χ4n) is 1.67. The van der Waals surface area contributed by atoms with Gasteiger partial charge in [-0.05, 0) is 24.1 Å². The largest absolute Gasteiger partial charge is 0.269 e. The first-order valence-corrected chi connectivity index (χ1v) is 6.03. The minimum absolute atomic E-state index is 0.299. The van der Waals surface area contributed by atoms with Crippen molar-refractivity contribution in [3.05, 3.63) is 53.2 Å². The molecular formula is C14H12ClNO2. The third-order valence-electron chi connectivity index (χ3n) is 2.60. The van der Waals surface area contributed by atoms with E-state index in [1.807, 2.05) is 6.92 Å². The van der Waals surface area contributed by atoms with Crippen LogP contribution in [0, 0.1) is 0 Å². The van der Waals surface area contributed by atoms with Gasteiger partial charge in [-0.3, -0.25) is 14.5 Å². The standard InChI is InChI=1S/C14H12ClNO2/c1-2-3-8-16-13(17)9-12(14(16)18)10-4-6-11(15)7-5-10/h3-9H,2H2,1H3. The van der Waals surface area contributed by atoms with Gasteiger partial charge in [0.1, 0.15) is 0 Å². The molecule has 1 aromatic rings. The smallest absolute Gasteiger partial charge is 0.265 e. The number of imide groups is 1. The molecule has 1 heterocycles. The second-order valence-corrected chi connectivity index (χ2v) is 4.31. The van der Waals surface area contributed by atoms with Crippen LogP contribution in [0.25, 0.3) is 5.57 Å². The van der Waals surface area contributed by atoms with Crippen LogP contribution in [-0.4, -0.2) is 16.7 Å². The number of allylic oxidation sites excluding steroid dienone is 1. The monoisotopic (exact) mass is 261 g/mol. The van der Waals surface area contributed by atoms with Gasteiger partial charge in [-0.2, -0.15) is 0 Å². The van der Waals surface area contributed by atoms with Crippen LogP contribution < -0.4 is 0 Å². The lowest BCUT2D eigenvalue weighted by Crippen LogP contribution is -2.24. The minimum Gasteiger partial charge on any atom is -0.269 e. The van der Waals surface area contributed by atoms with E-state index >= 15 is 0 Å². The highest BCUT2D eigenvalue weighted by atomic mass is 35.5. The molecule has 1 aliphatic heterocycles. The van der Waals surface area contributed by atoms with E-state index < -0.39 is 0 Å². The first kappa shape index (κ1) is 12.6. The predicted molar refractivity (Wildman–Crippen MR) is 70.7 cm³/mol. The highest BCUT2D eigenvalue weighted by Gasteiger charge is 2.29. The summed E-state index contributed by atoms with van der Waals surface area (Å²) in [4.78, 5) is 24.9. The van der Waals surface area contributed by atoms with Crippen LogP contribution in [0.3, 0.4) is 0 Å². The fraction of sp³-hybridized carbons (Fsp3) is 0.143. The first-order chi connectivity index (χ1) is 8.63. The molecule has 0 radical (unpaired) electrons. The van der Waals surface area contributed by atoms with Gasteiger partial charge >= 0.3 is 0 Å². The zero-order chi connectivity index (χ0) is 13.1. The maximum Gasteiger partial charge on any atom is 0.265 e. The molecular weight excluding hydrogens is 250 g/mol. The average Bonchev–Trinajstić information content (AvgIpc) is 2.64. The molecule has 18 heavy (non-hydrogen) atoms. The van der Waals surface area contributed by atoms with Crippen molar-refractivity contribution in [2.24, 2.45) is 0 Å². The molecule has 0 aliphatic carbocycles. The van der Waals surface area contributed by atoms with Crippen LogP contribution in [0.2, 0.25) is 5.02 Å². The Hall–Kier alpha value is -1.87. The Labute approximate surface area is 110 Å². The van der Waals surface area contributed by atoms with E-state index in [-0.39, 0.29) is 11.8 Å². The number of halogens is 1. The molecule has 0 fully saturated rings. The average molecular weight is 262 g/mol. The van der Waals surface area contributed by atoms with E-state index in [1.54, 1.807) is 30.3 Å². The number of hydrogen-bond acceptors (Lipinski definition) is 2. The molecule has 4 heteroatoms. The van der Waals surface area contributed by atoms with Crippen molar-refractivity contribution in [3.63, 3.8) is 0 Å². The van der Waals surface area contributed by atoms with Crippen LogP contribution in [0.4, 0.5) is 0 Å². The number of amides is 2. The molecule has 2 amide bonds. The van der Waals surface area contributed by atoms with E-state index in [2.05, 4.69) is 0 Å². The molecule has 0 aromatic heterocycles. The predicted octanol–water partition coefficient (Wildman–Crippen LogP) is 3.02. The Morgan fingerprint density at radius 3 is 2.50 bits per heavy atom. The van der Waals surface area contributed by atoms with Crippen molar-refractivity contribution in [1.82, 2.24) is 4.90 Å². The number of nitrogens with zero attached hydrogens (tertiary/aromatic N) is 1. The van der Waals surface area contributed by atoms with E-state index in [0.29, 0.717) is 16.2 Å². The summed E-state index contributed by atoms with van der Waals surface area (Å²) in [5, 5.41) is 0.596. The normalized spacial score (nSPS) is 15.7. The SMILES string of the molecule is CCC=CN1C(=O)C=C(c2ccc(Cl)cc2)C1=O. The number of carbonyl (C=O) groups excluding carboxylic acids is 2. The molecule has 0 spiro atoms. The summed E-state index contributed by atoms with van der Waals surface area (Å²) >= 11 is 5.79.